The number of aromatic nitrogens is 1. The Hall–Kier alpha value is -2.34. The number of rotatable bonds is 17. The topological polar surface area (TPSA) is 50.2 Å². The van der Waals surface area contributed by atoms with Crippen molar-refractivity contribution in [2.75, 3.05) is 0 Å². The first kappa shape index (κ1) is 24.7. The van der Waals surface area contributed by atoms with Gasteiger partial charge in [0, 0.05) is 19.0 Å². The van der Waals surface area contributed by atoms with Crippen molar-refractivity contribution in [2.45, 2.75) is 83.5 Å². The van der Waals surface area contributed by atoms with Crippen LogP contribution in [0.2, 0.25) is 0 Å². The van der Waals surface area contributed by atoms with Crippen molar-refractivity contribution >= 4 is 12.0 Å². The van der Waals surface area contributed by atoms with Crippen LogP contribution >= 0.6 is 0 Å². The molecule has 3 nitrogen and oxygen atoms in total. The van der Waals surface area contributed by atoms with E-state index < -0.39 is 5.97 Å². The molecule has 0 fully saturated rings. The molecule has 1 heterocycles. The number of pyridine rings is 1. The lowest BCUT2D eigenvalue weighted by Gasteiger charge is -2.15. The van der Waals surface area contributed by atoms with E-state index in [1.54, 1.807) is 0 Å². The Balaban J connectivity index is 2.04. The maximum Gasteiger partial charge on any atom is 0.303 e. The number of nitrogens with zero attached hydrogens (tertiary/aromatic N) is 1. The zero-order valence-electron chi connectivity index (χ0n) is 17.8. The molecule has 29 heavy (non-hydrogen) atoms. The first-order valence-corrected chi connectivity index (χ1v) is 11.1. The van der Waals surface area contributed by atoms with E-state index in [4.69, 9.17) is 11.5 Å². The molecule has 0 aliphatic rings. The third kappa shape index (κ3) is 15.3. The molecule has 0 aromatic carbocycles. The molecular formula is C26H37NO2. The Morgan fingerprint density at radius 1 is 1.00 bits per heavy atom. The van der Waals surface area contributed by atoms with Gasteiger partial charge in [-0.25, -0.2) is 0 Å². The standard InChI is InChI=1S/C26H37NO2/c1-2-3-17-24(19-13-14-22-26(28)29)18-11-9-7-5-4-6-8-10-12-20-25-21-15-16-23-27-25/h1,4,6,12,15-16,20-21,23-24H,3,5,7-11,13-14,17-19,22H2,(H,28,29). The van der Waals surface area contributed by atoms with E-state index in [1.165, 1.54) is 25.7 Å². The molecule has 0 spiro atoms. The highest BCUT2D eigenvalue weighted by molar-refractivity contribution is 5.66. The fourth-order valence-electron chi connectivity index (χ4n) is 3.41. The molecule has 0 amide bonds. The normalized spacial score (nSPS) is 12.4. The monoisotopic (exact) mass is 395 g/mol. The highest BCUT2D eigenvalue weighted by atomic mass is 16.4. The van der Waals surface area contributed by atoms with Crippen molar-refractivity contribution in [3.05, 3.63) is 48.3 Å². The van der Waals surface area contributed by atoms with Crippen LogP contribution in [0.4, 0.5) is 0 Å². The summed E-state index contributed by atoms with van der Waals surface area (Å²) in [6.45, 7) is 0. The molecule has 1 N–H and O–H groups in total. The number of carboxylic acids is 1. The third-order valence-electron chi connectivity index (χ3n) is 5.08. The Morgan fingerprint density at radius 2 is 1.76 bits per heavy atom. The minimum absolute atomic E-state index is 0.285. The Morgan fingerprint density at radius 3 is 2.48 bits per heavy atom. The molecule has 0 bridgehead atoms. The van der Waals surface area contributed by atoms with E-state index in [1.807, 2.05) is 24.4 Å². The van der Waals surface area contributed by atoms with Crippen molar-refractivity contribution < 1.29 is 9.90 Å². The van der Waals surface area contributed by atoms with Crippen LogP contribution in [0.5, 0.6) is 0 Å². The first-order chi connectivity index (χ1) is 14.2. The smallest absolute Gasteiger partial charge is 0.303 e. The van der Waals surface area contributed by atoms with Gasteiger partial charge in [0.15, 0.2) is 0 Å². The van der Waals surface area contributed by atoms with Gasteiger partial charge >= 0.3 is 5.97 Å². The average molecular weight is 396 g/mol. The van der Waals surface area contributed by atoms with Gasteiger partial charge in [0.1, 0.15) is 0 Å². The molecule has 1 unspecified atom stereocenters. The maximum atomic E-state index is 10.6. The summed E-state index contributed by atoms with van der Waals surface area (Å²) in [5.74, 6) is 2.71. The van der Waals surface area contributed by atoms with Gasteiger partial charge < -0.3 is 5.11 Å². The number of allylic oxidation sites excluding steroid dienone is 3. The number of carboxylic acid groups (broad SMARTS) is 1. The van der Waals surface area contributed by atoms with Crippen molar-refractivity contribution in [2.24, 2.45) is 5.92 Å². The predicted octanol–water partition coefficient (Wildman–Crippen LogP) is 7.06. The van der Waals surface area contributed by atoms with Gasteiger partial charge in [-0.15, -0.1) is 12.3 Å². The zero-order chi connectivity index (χ0) is 21.0. The maximum absolute atomic E-state index is 10.6. The summed E-state index contributed by atoms with van der Waals surface area (Å²) in [5, 5.41) is 8.73. The van der Waals surface area contributed by atoms with Crippen LogP contribution in [0.3, 0.4) is 0 Å². The second-order valence-corrected chi connectivity index (χ2v) is 7.59. The van der Waals surface area contributed by atoms with Gasteiger partial charge in [0.05, 0.1) is 5.69 Å². The number of hydrogen-bond donors (Lipinski definition) is 1. The number of aliphatic carboxylic acids is 1. The van der Waals surface area contributed by atoms with Gasteiger partial charge in [-0.05, 0) is 62.7 Å². The van der Waals surface area contributed by atoms with Crippen LogP contribution < -0.4 is 0 Å². The lowest BCUT2D eigenvalue weighted by Crippen LogP contribution is -2.02. The van der Waals surface area contributed by atoms with Crippen LogP contribution in [-0.2, 0) is 4.79 Å². The molecule has 3 heteroatoms. The van der Waals surface area contributed by atoms with E-state index in [-0.39, 0.29) is 6.42 Å². The molecule has 1 rings (SSSR count). The molecule has 1 aromatic heterocycles. The molecule has 0 radical (unpaired) electrons. The fraction of sp³-hybridized carbons (Fsp3) is 0.538. The summed E-state index contributed by atoms with van der Waals surface area (Å²) in [5.41, 5.74) is 1.01. The van der Waals surface area contributed by atoms with E-state index in [9.17, 15) is 4.79 Å². The lowest BCUT2D eigenvalue weighted by atomic mass is 9.91. The second kappa shape index (κ2) is 17.7. The van der Waals surface area contributed by atoms with E-state index >= 15 is 0 Å². The second-order valence-electron chi connectivity index (χ2n) is 7.59. The SMILES string of the molecule is C#CCCC(CCCCCC=CCCC=Cc1ccccn1)CCCCC(=O)O. The highest BCUT2D eigenvalue weighted by Crippen LogP contribution is 2.22. The van der Waals surface area contributed by atoms with Crippen molar-refractivity contribution in [1.29, 1.82) is 0 Å². The summed E-state index contributed by atoms with van der Waals surface area (Å²) in [6, 6.07) is 5.95. The molecule has 1 atom stereocenters. The van der Waals surface area contributed by atoms with Crippen molar-refractivity contribution in [1.82, 2.24) is 4.98 Å². The van der Waals surface area contributed by atoms with E-state index in [2.05, 4.69) is 35.2 Å². The van der Waals surface area contributed by atoms with Crippen LogP contribution in [0.15, 0.2) is 42.6 Å². The molecule has 0 aliphatic carbocycles. The van der Waals surface area contributed by atoms with Crippen molar-refractivity contribution in [3.8, 4) is 12.3 Å². The first-order valence-electron chi connectivity index (χ1n) is 11.1. The van der Waals surface area contributed by atoms with Crippen LogP contribution in [-0.4, -0.2) is 16.1 Å². The van der Waals surface area contributed by atoms with Gasteiger partial charge in [-0.3, -0.25) is 9.78 Å². The molecule has 0 saturated heterocycles. The Kier molecular flexibility index (Phi) is 15.1. The van der Waals surface area contributed by atoms with Gasteiger partial charge in [0.25, 0.3) is 0 Å². The Bertz CT molecular complexity index is 628. The molecular weight excluding hydrogens is 358 g/mol. The molecule has 1 aromatic rings. The summed E-state index contributed by atoms with van der Waals surface area (Å²) in [6.07, 6.45) is 29.4. The number of terminal acetylenes is 1. The van der Waals surface area contributed by atoms with Crippen molar-refractivity contribution in [3.63, 3.8) is 0 Å². The summed E-state index contributed by atoms with van der Waals surface area (Å²) >= 11 is 0. The third-order valence-corrected chi connectivity index (χ3v) is 5.08. The van der Waals surface area contributed by atoms with Crippen LogP contribution in [0.25, 0.3) is 6.08 Å². The molecule has 0 aliphatic heterocycles. The van der Waals surface area contributed by atoms with Gasteiger partial charge in [-0.1, -0.05) is 56.4 Å². The fourth-order valence-corrected chi connectivity index (χ4v) is 3.41. The predicted molar refractivity (Wildman–Crippen MR) is 122 cm³/mol. The largest absolute Gasteiger partial charge is 0.481 e. The van der Waals surface area contributed by atoms with E-state index in [0.717, 1.165) is 57.1 Å². The minimum Gasteiger partial charge on any atom is -0.481 e. The van der Waals surface area contributed by atoms with Crippen LogP contribution in [0.1, 0.15) is 89.2 Å². The summed E-state index contributed by atoms with van der Waals surface area (Å²) in [4.78, 5) is 14.9. The number of carbonyl (C=O) groups is 1. The zero-order valence-corrected chi connectivity index (χ0v) is 17.8. The highest BCUT2D eigenvalue weighted by Gasteiger charge is 2.08. The number of unbranched alkanes of at least 4 members (excludes halogenated alkanes) is 5. The van der Waals surface area contributed by atoms with Crippen LogP contribution in [0, 0.1) is 18.3 Å². The molecule has 0 saturated carbocycles. The van der Waals surface area contributed by atoms with Gasteiger partial charge in [0.2, 0.25) is 0 Å². The Labute approximate surface area is 177 Å². The molecule has 158 valence electrons. The van der Waals surface area contributed by atoms with Gasteiger partial charge in [-0.2, -0.15) is 0 Å². The summed E-state index contributed by atoms with van der Waals surface area (Å²) < 4.78 is 0. The quantitative estimate of drug-likeness (QED) is 0.174. The average Bonchev–Trinajstić information content (AvgIpc) is 2.73. The lowest BCUT2D eigenvalue weighted by molar-refractivity contribution is -0.137. The van der Waals surface area contributed by atoms with E-state index in [0.29, 0.717) is 5.92 Å². The minimum atomic E-state index is -0.692. The summed E-state index contributed by atoms with van der Waals surface area (Å²) in [7, 11) is 0. The number of hydrogen-bond acceptors (Lipinski definition) is 2.